The van der Waals surface area contributed by atoms with E-state index in [2.05, 4.69) is 4.98 Å². The number of nitrogens with two attached hydrogens (primary N) is 1. The molecule has 1 aromatic heterocycles. The van der Waals surface area contributed by atoms with Crippen LogP contribution >= 0.6 is 11.3 Å². The lowest BCUT2D eigenvalue weighted by Crippen LogP contribution is -2.29. The number of hydrogen-bond acceptors (Lipinski definition) is 4. The Bertz CT molecular complexity index is 296. The molecule has 0 aliphatic rings. The predicted molar refractivity (Wildman–Crippen MR) is 54.1 cm³/mol. The molecular formula is C9H14N2OS. The second-order valence-electron chi connectivity index (χ2n) is 3.00. The van der Waals surface area contributed by atoms with E-state index < -0.39 is 0 Å². The van der Waals surface area contributed by atoms with E-state index >= 15 is 0 Å². The zero-order chi connectivity index (χ0) is 9.84. The van der Waals surface area contributed by atoms with Gasteiger partial charge in [0.05, 0.1) is 15.9 Å². The van der Waals surface area contributed by atoms with E-state index in [-0.39, 0.29) is 11.8 Å². The van der Waals surface area contributed by atoms with Gasteiger partial charge in [-0.25, -0.2) is 4.98 Å². The van der Waals surface area contributed by atoms with Crippen LogP contribution in [0, 0.1) is 6.92 Å². The molecule has 0 saturated carbocycles. The van der Waals surface area contributed by atoms with Gasteiger partial charge in [0.15, 0.2) is 5.78 Å². The normalized spacial score (nSPS) is 12.8. The van der Waals surface area contributed by atoms with Crippen LogP contribution in [0.1, 0.15) is 34.4 Å². The van der Waals surface area contributed by atoms with Crippen LogP contribution in [0.5, 0.6) is 0 Å². The SMILES string of the molecule is CCCC(N)C(=O)c1cnc(C)s1. The first-order valence-electron chi connectivity index (χ1n) is 4.37. The fraction of sp³-hybridized carbons (Fsp3) is 0.556. The summed E-state index contributed by atoms with van der Waals surface area (Å²) in [6.07, 6.45) is 3.29. The third-order valence-electron chi connectivity index (χ3n) is 1.80. The lowest BCUT2D eigenvalue weighted by atomic mass is 10.1. The smallest absolute Gasteiger partial charge is 0.191 e. The van der Waals surface area contributed by atoms with E-state index in [9.17, 15) is 4.79 Å². The van der Waals surface area contributed by atoms with E-state index in [4.69, 9.17) is 5.73 Å². The van der Waals surface area contributed by atoms with Crippen molar-refractivity contribution in [1.82, 2.24) is 4.98 Å². The molecule has 0 aliphatic carbocycles. The molecule has 0 saturated heterocycles. The van der Waals surface area contributed by atoms with Crippen molar-refractivity contribution in [1.29, 1.82) is 0 Å². The minimum atomic E-state index is -0.357. The maximum Gasteiger partial charge on any atom is 0.191 e. The molecule has 0 fully saturated rings. The Hall–Kier alpha value is -0.740. The second kappa shape index (κ2) is 4.48. The predicted octanol–water partition coefficient (Wildman–Crippen LogP) is 1.76. The molecule has 0 bridgehead atoms. The van der Waals surface area contributed by atoms with Gasteiger partial charge in [-0.05, 0) is 13.3 Å². The zero-order valence-corrected chi connectivity index (χ0v) is 8.73. The molecule has 1 heterocycles. The van der Waals surface area contributed by atoms with Gasteiger partial charge in [0.1, 0.15) is 0 Å². The van der Waals surface area contributed by atoms with E-state index in [1.807, 2.05) is 13.8 Å². The third kappa shape index (κ3) is 2.60. The fourth-order valence-corrected chi connectivity index (χ4v) is 1.88. The van der Waals surface area contributed by atoms with Crippen LogP contribution in [-0.2, 0) is 0 Å². The minimum Gasteiger partial charge on any atom is -0.321 e. The van der Waals surface area contributed by atoms with Gasteiger partial charge in [0.25, 0.3) is 0 Å². The van der Waals surface area contributed by atoms with Gasteiger partial charge in [-0.15, -0.1) is 11.3 Å². The highest BCUT2D eigenvalue weighted by molar-refractivity contribution is 7.13. The molecule has 0 aliphatic heterocycles. The third-order valence-corrected chi connectivity index (χ3v) is 2.73. The first kappa shape index (κ1) is 10.3. The molecule has 3 nitrogen and oxygen atoms in total. The molecule has 4 heteroatoms. The summed E-state index contributed by atoms with van der Waals surface area (Å²) in [5, 5.41) is 0.909. The first-order chi connectivity index (χ1) is 6.15. The Morgan fingerprint density at radius 1 is 1.77 bits per heavy atom. The minimum absolute atomic E-state index is 0.0208. The van der Waals surface area contributed by atoms with Gasteiger partial charge in [-0.1, -0.05) is 13.3 Å². The Kier molecular flexibility index (Phi) is 3.57. The summed E-state index contributed by atoms with van der Waals surface area (Å²) in [5.41, 5.74) is 5.70. The monoisotopic (exact) mass is 198 g/mol. The number of carbonyl (C=O) groups is 1. The highest BCUT2D eigenvalue weighted by Crippen LogP contribution is 2.14. The number of nitrogens with zero attached hydrogens (tertiary/aromatic N) is 1. The van der Waals surface area contributed by atoms with Crippen molar-refractivity contribution in [3.05, 3.63) is 16.1 Å². The largest absolute Gasteiger partial charge is 0.321 e. The number of aryl methyl sites for hydroxylation is 1. The molecular weight excluding hydrogens is 184 g/mol. The lowest BCUT2D eigenvalue weighted by Gasteiger charge is -2.05. The zero-order valence-electron chi connectivity index (χ0n) is 7.91. The number of carbonyl (C=O) groups excluding carboxylic acids is 1. The lowest BCUT2D eigenvalue weighted by molar-refractivity contribution is 0.0960. The van der Waals surface area contributed by atoms with Crippen molar-refractivity contribution < 1.29 is 4.79 Å². The average Bonchev–Trinajstić information content (AvgIpc) is 2.51. The summed E-state index contributed by atoms with van der Waals surface area (Å²) in [5.74, 6) is 0.0208. The molecule has 0 aromatic carbocycles. The molecule has 2 N–H and O–H groups in total. The van der Waals surface area contributed by atoms with E-state index in [0.29, 0.717) is 4.88 Å². The molecule has 1 rings (SSSR count). The van der Waals surface area contributed by atoms with Crippen LogP contribution in [0.4, 0.5) is 0 Å². The van der Waals surface area contributed by atoms with Crippen molar-refractivity contribution in [3.63, 3.8) is 0 Å². The van der Waals surface area contributed by atoms with Gasteiger partial charge in [-0.3, -0.25) is 4.79 Å². The van der Waals surface area contributed by atoms with Crippen molar-refractivity contribution in [3.8, 4) is 0 Å². The van der Waals surface area contributed by atoms with Crippen LogP contribution in [0.15, 0.2) is 6.20 Å². The van der Waals surface area contributed by atoms with Crippen LogP contribution in [0.2, 0.25) is 0 Å². The number of ketones is 1. The maximum absolute atomic E-state index is 11.6. The number of aromatic nitrogens is 1. The van der Waals surface area contributed by atoms with E-state index in [1.54, 1.807) is 6.20 Å². The topological polar surface area (TPSA) is 56.0 Å². The maximum atomic E-state index is 11.6. The Labute approximate surface area is 82.0 Å². The molecule has 0 spiro atoms. The summed E-state index contributed by atoms with van der Waals surface area (Å²) >= 11 is 1.41. The standard InChI is InChI=1S/C9H14N2OS/c1-3-4-7(10)9(12)8-5-11-6(2)13-8/h5,7H,3-4,10H2,1-2H3. The fourth-order valence-electron chi connectivity index (χ4n) is 1.10. The molecule has 1 aromatic rings. The van der Waals surface area contributed by atoms with Gasteiger partial charge in [0, 0.05) is 6.20 Å². The van der Waals surface area contributed by atoms with Gasteiger partial charge < -0.3 is 5.73 Å². The first-order valence-corrected chi connectivity index (χ1v) is 5.19. The number of rotatable bonds is 4. The Morgan fingerprint density at radius 2 is 2.46 bits per heavy atom. The summed E-state index contributed by atoms with van der Waals surface area (Å²) in [7, 11) is 0. The van der Waals surface area contributed by atoms with Crippen LogP contribution in [0.25, 0.3) is 0 Å². The molecule has 13 heavy (non-hydrogen) atoms. The van der Waals surface area contributed by atoms with Crippen molar-refractivity contribution in [2.24, 2.45) is 5.73 Å². The van der Waals surface area contributed by atoms with Gasteiger partial charge in [0.2, 0.25) is 0 Å². The molecule has 72 valence electrons. The summed E-state index contributed by atoms with van der Waals surface area (Å²) in [6, 6.07) is -0.357. The highest BCUT2D eigenvalue weighted by atomic mass is 32.1. The number of Topliss-reactive ketones (excluding diaryl/α,β-unsaturated/α-hetero) is 1. The molecule has 1 atom stereocenters. The van der Waals surface area contributed by atoms with Crippen LogP contribution in [-0.4, -0.2) is 16.8 Å². The summed E-state index contributed by atoms with van der Waals surface area (Å²) < 4.78 is 0. The number of hydrogen-bond donors (Lipinski definition) is 1. The van der Waals surface area contributed by atoms with Crippen LogP contribution < -0.4 is 5.73 Å². The molecule has 0 amide bonds. The van der Waals surface area contributed by atoms with Crippen molar-refractivity contribution in [2.45, 2.75) is 32.7 Å². The Balaban J connectivity index is 2.67. The summed E-state index contributed by atoms with van der Waals surface area (Å²) in [4.78, 5) is 16.3. The van der Waals surface area contributed by atoms with Gasteiger partial charge in [-0.2, -0.15) is 0 Å². The second-order valence-corrected chi connectivity index (χ2v) is 4.24. The van der Waals surface area contributed by atoms with E-state index in [1.165, 1.54) is 11.3 Å². The van der Waals surface area contributed by atoms with Crippen molar-refractivity contribution in [2.75, 3.05) is 0 Å². The van der Waals surface area contributed by atoms with Gasteiger partial charge >= 0.3 is 0 Å². The summed E-state index contributed by atoms with van der Waals surface area (Å²) in [6.45, 7) is 3.90. The quantitative estimate of drug-likeness (QED) is 0.750. The molecule has 1 unspecified atom stereocenters. The Morgan fingerprint density at radius 3 is 2.92 bits per heavy atom. The van der Waals surface area contributed by atoms with Crippen LogP contribution in [0.3, 0.4) is 0 Å². The molecule has 0 radical (unpaired) electrons. The number of thiazole rings is 1. The van der Waals surface area contributed by atoms with Crippen molar-refractivity contribution >= 4 is 17.1 Å². The highest BCUT2D eigenvalue weighted by Gasteiger charge is 2.16. The van der Waals surface area contributed by atoms with E-state index in [0.717, 1.165) is 17.8 Å². The average molecular weight is 198 g/mol.